The fourth-order valence-corrected chi connectivity index (χ4v) is 3.50. The molecule has 0 bridgehead atoms. The topological polar surface area (TPSA) is 87.6 Å². The second-order valence-corrected chi connectivity index (χ2v) is 6.65. The molecular weight excluding hydrogens is 328 g/mol. The summed E-state index contributed by atoms with van der Waals surface area (Å²) in [6, 6.07) is 9.70. The van der Waals surface area contributed by atoms with E-state index in [1.165, 1.54) is 12.8 Å². The standard InChI is InChI=1S/C19H22N6O/c1-13-18(12-21-25(13)16-4-2-3-5-16)23-19(26)22-15-8-6-14(7-9-15)17-10-11-20-24-17/h6-12,16H,2-5H2,1H3,(H,20,24)(H2,22,23,26). The molecule has 0 saturated heterocycles. The lowest BCUT2D eigenvalue weighted by molar-refractivity contribution is 0.262. The van der Waals surface area contributed by atoms with Gasteiger partial charge in [-0.3, -0.25) is 9.78 Å². The van der Waals surface area contributed by atoms with Crippen molar-refractivity contribution < 1.29 is 4.79 Å². The van der Waals surface area contributed by atoms with Gasteiger partial charge < -0.3 is 10.6 Å². The first kappa shape index (κ1) is 16.4. The smallest absolute Gasteiger partial charge is 0.308 e. The molecule has 1 fully saturated rings. The van der Waals surface area contributed by atoms with Crippen LogP contribution in [0.5, 0.6) is 0 Å². The number of H-pyrrole nitrogens is 1. The number of carbonyl (C=O) groups excluding carboxylic acids is 1. The van der Waals surface area contributed by atoms with Crippen LogP contribution in [0, 0.1) is 6.92 Å². The van der Waals surface area contributed by atoms with Crippen molar-refractivity contribution in [2.75, 3.05) is 10.6 Å². The predicted octanol–water partition coefficient (Wildman–Crippen LogP) is 4.34. The quantitative estimate of drug-likeness (QED) is 0.654. The van der Waals surface area contributed by atoms with Crippen LogP contribution in [0.2, 0.25) is 0 Å². The van der Waals surface area contributed by atoms with Gasteiger partial charge in [0.1, 0.15) is 0 Å². The van der Waals surface area contributed by atoms with Crippen LogP contribution in [-0.4, -0.2) is 26.0 Å². The first-order valence-corrected chi connectivity index (χ1v) is 8.92. The zero-order valence-corrected chi connectivity index (χ0v) is 14.7. The maximum Gasteiger partial charge on any atom is 0.323 e. The van der Waals surface area contributed by atoms with Gasteiger partial charge in [0, 0.05) is 11.9 Å². The van der Waals surface area contributed by atoms with Crippen molar-refractivity contribution >= 4 is 17.4 Å². The molecule has 7 heteroatoms. The number of anilines is 2. The van der Waals surface area contributed by atoms with Crippen LogP contribution in [0.1, 0.15) is 37.4 Å². The first-order valence-electron chi connectivity index (χ1n) is 8.92. The molecule has 7 nitrogen and oxygen atoms in total. The van der Waals surface area contributed by atoms with Gasteiger partial charge in [-0.25, -0.2) is 4.79 Å². The van der Waals surface area contributed by atoms with Gasteiger partial charge in [0.2, 0.25) is 0 Å². The number of benzene rings is 1. The Bertz CT molecular complexity index is 875. The van der Waals surface area contributed by atoms with Crippen molar-refractivity contribution in [2.24, 2.45) is 0 Å². The Labute approximate surface area is 151 Å². The van der Waals surface area contributed by atoms with Crippen LogP contribution < -0.4 is 10.6 Å². The molecule has 1 aromatic carbocycles. The average Bonchev–Trinajstić information content (AvgIpc) is 3.39. The highest BCUT2D eigenvalue weighted by molar-refractivity contribution is 6.00. The van der Waals surface area contributed by atoms with Crippen LogP contribution in [0.15, 0.2) is 42.7 Å². The summed E-state index contributed by atoms with van der Waals surface area (Å²) in [6.07, 6.45) is 8.27. The summed E-state index contributed by atoms with van der Waals surface area (Å²) in [5.41, 5.74) is 4.44. The van der Waals surface area contributed by atoms with E-state index in [1.807, 2.05) is 41.9 Å². The van der Waals surface area contributed by atoms with Gasteiger partial charge in [-0.15, -0.1) is 0 Å². The number of aromatic nitrogens is 4. The van der Waals surface area contributed by atoms with E-state index < -0.39 is 0 Å². The summed E-state index contributed by atoms with van der Waals surface area (Å²) in [5, 5.41) is 17.1. The molecule has 2 aromatic heterocycles. The van der Waals surface area contributed by atoms with Crippen LogP contribution in [0.4, 0.5) is 16.2 Å². The Kier molecular flexibility index (Phi) is 4.43. The third-order valence-electron chi connectivity index (χ3n) is 4.92. The molecule has 0 aliphatic heterocycles. The Morgan fingerprint density at radius 3 is 2.62 bits per heavy atom. The van der Waals surface area contributed by atoms with Crippen LogP contribution >= 0.6 is 0 Å². The van der Waals surface area contributed by atoms with E-state index in [1.54, 1.807) is 12.4 Å². The summed E-state index contributed by atoms with van der Waals surface area (Å²) in [6.45, 7) is 2.00. The molecule has 0 unspecified atom stereocenters. The molecule has 0 spiro atoms. The molecule has 3 aromatic rings. The van der Waals surface area contributed by atoms with Gasteiger partial charge >= 0.3 is 6.03 Å². The number of carbonyl (C=O) groups is 1. The number of amides is 2. The molecule has 0 radical (unpaired) electrons. The summed E-state index contributed by atoms with van der Waals surface area (Å²) in [5.74, 6) is 0. The second-order valence-electron chi connectivity index (χ2n) is 6.65. The second kappa shape index (κ2) is 7.03. The largest absolute Gasteiger partial charge is 0.323 e. The molecular formula is C19H22N6O. The Morgan fingerprint density at radius 1 is 1.15 bits per heavy atom. The van der Waals surface area contributed by atoms with E-state index in [2.05, 4.69) is 25.9 Å². The SMILES string of the molecule is Cc1c(NC(=O)Nc2ccc(-c3ccn[nH]3)cc2)cnn1C1CCCC1. The summed E-state index contributed by atoms with van der Waals surface area (Å²) >= 11 is 0. The van der Waals surface area contributed by atoms with Gasteiger partial charge in [0.05, 0.1) is 29.3 Å². The molecule has 26 heavy (non-hydrogen) atoms. The minimum Gasteiger partial charge on any atom is -0.308 e. The van der Waals surface area contributed by atoms with Crippen LogP contribution in [-0.2, 0) is 0 Å². The van der Waals surface area contributed by atoms with Crippen molar-refractivity contribution in [3.63, 3.8) is 0 Å². The van der Waals surface area contributed by atoms with E-state index in [0.29, 0.717) is 6.04 Å². The molecule has 134 valence electrons. The molecule has 3 N–H and O–H groups in total. The third kappa shape index (κ3) is 3.33. The lowest BCUT2D eigenvalue weighted by Crippen LogP contribution is -2.20. The van der Waals surface area contributed by atoms with Crippen molar-refractivity contribution in [2.45, 2.75) is 38.6 Å². The zero-order chi connectivity index (χ0) is 17.9. The maximum atomic E-state index is 12.3. The van der Waals surface area contributed by atoms with Crippen LogP contribution in [0.3, 0.4) is 0 Å². The van der Waals surface area contributed by atoms with Gasteiger partial charge in [0.15, 0.2) is 0 Å². The van der Waals surface area contributed by atoms with Crippen molar-refractivity contribution in [1.82, 2.24) is 20.0 Å². The number of aromatic amines is 1. The van der Waals surface area contributed by atoms with Crippen LogP contribution in [0.25, 0.3) is 11.3 Å². The lowest BCUT2D eigenvalue weighted by atomic mass is 10.1. The summed E-state index contributed by atoms with van der Waals surface area (Å²) in [7, 11) is 0. The third-order valence-corrected chi connectivity index (χ3v) is 4.92. The lowest BCUT2D eigenvalue weighted by Gasteiger charge is -2.13. The average molecular weight is 350 g/mol. The first-order chi connectivity index (χ1) is 12.7. The van der Waals surface area contributed by atoms with E-state index in [-0.39, 0.29) is 6.03 Å². The number of nitrogens with one attached hydrogen (secondary N) is 3. The molecule has 2 amide bonds. The monoisotopic (exact) mass is 350 g/mol. The van der Waals surface area contributed by atoms with E-state index >= 15 is 0 Å². The summed E-state index contributed by atoms with van der Waals surface area (Å²) < 4.78 is 2.04. The number of urea groups is 1. The van der Waals surface area contributed by atoms with E-state index in [4.69, 9.17) is 0 Å². The van der Waals surface area contributed by atoms with Gasteiger partial charge in [-0.05, 0) is 43.5 Å². The minimum absolute atomic E-state index is 0.270. The fraction of sp³-hybridized carbons (Fsp3) is 0.316. The van der Waals surface area contributed by atoms with Crippen molar-refractivity contribution in [3.05, 3.63) is 48.4 Å². The Hall–Kier alpha value is -3.09. The molecule has 4 rings (SSSR count). The van der Waals surface area contributed by atoms with Gasteiger partial charge in [-0.2, -0.15) is 10.2 Å². The Morgan fingerprint density at radius 2 is 1.92 bits per heavy atom. The number of hydrogen-bond donors (Lipinski definition) is 3. The number of rotatable bonds is 4. The maximum absolute atomic E-state index is 12.3. The van der Waals surface area contributed by atoms with Gasteiger partial charge in [0.25, 0.3) is 0 Å². The molecule has 0 atom stereocenters. The fourth-order valence-electron chi connectivity index (χ4n) is 3.50. The highest BCUT2D eigenvalue weighted by atomic mass is 16.2. The van der Waals surface area contributed by atoms with E-state index in [9.17, 15) is 4.79 Å². The molecule has 1 saturated carbocycles. The Balaban J connectivity index is 1.39. The minimum atomic E-state index is -0.270. The predicted molar refractivity (Wildman–Crippen MR) is 101 cm³/mol. The van der Waals surface area contributed by atoms with Gasteiger partial charge in [-0.1, -0.05) is 25.0 Å². The summed E-state index contributed by atoms with van der Waals surface area (Å²) in [4.78, 5) is 12.3. The molecule has 2 heterocycles. The zero-order valence-electron chi connectivity index (χ0n) is 14.7. The van der Waals surface area contributed by atoms with E-state index in [0.717, 1.165) is 41.2 Å². The molecule has 1 aliphatic rings. The molecule has 1 aliphatic carbocycles. The number of hydrogen-bond acceptors (Lipinski definition) is 3. The highest BCUT2D eigenvalue weighted by Crippen LogP contribution is 2.31. The highest BCUT2D eigenvalue weighted by Gasteiger charge is 2.20. The van der Waals surface area contributed by atoms with Crippen molar-refractivity contribution in [1.29, 1.82) is 0 Å². The normalized spacial score (nSPS) is 14.5. The number of nitrogens with zero attached hydrogens (tertiary/aromatic N) is 3. The van der Waals surface area contributed by atoms with Crippen molar-refractivity contribution in [3.8, 4) is 11.3 Å².